The van der Waals surface area contributed by atoms with Gasteiger partial charge in [-0.05, 0) is 72.9 Å². The van der Waals surface area contributed by atoms with E-state index in [1.54, 1.807) is 26.1 Å². The summed E-state index contributed by atoms with van der Waals surface area (Å²) >= 11 is 0. The number of nitrogens with zero attached hydrogens (tertiary/aromatic N) is 1. The normalized spacial score (nSPS) is 14.1. The van der Waals surface area contributed by atoms with E-state index in [0.29, 0.717) is 5.56 Å². The van der Waals surface area contributed by atoms with Gasteiger partial charge in [0.2, 0.25) is 0 Å². The summed E-state index contributed by atoms with van der Waals surface area (Å²) < 4.78 is 23.7. The van der Waals surface area contributed by atoms with Crippen LogP contribution in [0.3, 0.4) is 0 Å². The van der Waals surface area contributed by atoms with Crippen LogP contribution in [0.1, 0.15) is 32.8 Å². The zero-order chi connectivity index (χ0) is 24.6. The van der Waals surface area contributed by atoms with Gasteiger partial charge in [0.1, 0.15) is 0 Å². The van der Waals surface area contributed by atoms with Gasteiger partial charge in [0, 0.05) is 25.1 Å². The number of carbonyl (C=O) groups is 1. The number of nitrogens with one attached hydrogen (secondary N) is 1. The molecular formula is C24H28N2O6S. The highest BCUT2D eigenvalue weighted by atomic mass is 32.2. The highest BCUT2D eigenvalue weighted by molar-refractivity contribution is 7.92. The predicted octanol–water partition coefficient (Wildman–Crippen LogP) is 2.59. The van der Waals surface area contributed by atoms with Gasteiger partial charge in [-0.2, -0.15) is 0 Å². The van der Waals surface area contributed by atoms with Crippen LogP contribution in [-0.4, -0.2) is 40.2 Å². The first kappa shape index (κ1) is 24.6. The number of aromatic nitrogens is 1. The molecule has 0 bridgehead atoms. The highest BCUT2D eigenvalue weighted by Gasteiger charge is 2.43. The average Bonchev–Trinajstić information content (AvgIpc) is 2.75. The lowest BCUT2D eigenvalue weighted by Gasteiger charge is -2.25. The van der Waals surface area contributed by atoms with Crippen molar-refractivity contribution in [2.45, 2.75) is 44.1 Å². The summed E-state index contributed by atoms with van der Waals surface area (Å²) in [6.07, 6.45) is 2.29. The first-order valence-electron chi connectivity index (χ1n) is 10.4. The quantitative estimate of drug-likeness (QED) is 0.358. The SMILES string of the molecule is CC(C)(O)c1ccc2cc(-c3ccn(CC[C@](C)(C(=O)NO)S(C)(=O)=O)c(=O)c3)ccc2c1. The highest BCUT2D eigenvalue weighted by Crippen LogP contribution is 2.28. The summed E-state index contributed by atoms with van der Waals surface area (Å²) in [6, 6.07) is 14.7. The standard InChI is InChI=1S/C24H28N2O6S/c1-23(2,29)20-8-7-17-13-16(5-6-18(17)14-20)19-9-11-26(21(27)15-19)12-10-24(3,22(28)25-30)33(4,31)32/h5-9,11,13-15,29-30H,10,12H2,1-4H3,(H,25,28)/t24-/m1/s1. The average molecular weight is 473 g/mol. The van der Waals surface area contributed by atoms with Crippen molar-refractivity contribution in [2.75, 3.05) is 6.26 Å². The van der Waals surface area contributed by atoms with E-state index < -0.39 is 26.1 Å². The minimum absolute atomic E-state index is 0.0203. The van der Waals surface area contributed by atoms with Crippen LogP contribution in [0, 0.1) is 0 Å². The number of aliphatic hydroxyl groups is 1. The van der Waals surface area contributed by atoms with E-state index in [1.165, 1.54) is 23.0 Å². The first-order valence-corrected chi connectivity index (χ1v) is 12.3. The van der Waals surface area contributed by atoms with E-state index in [2.05, 4.69) is 0 Å². The molecule has 0 aliphatic carbocycles. The minimum atomic E-state index is -3.85. The van der Waals surface area contributed by atoms with Crippen molar-refractivity contribution in [3.63, 3.8) is 0 Å². The van der Waals surface area contributed by atoms with E-state index in [4.69, 9.17) is 5.21 Å². The molecule has 0 saturated heterocycles. The molecule has 0 spiro atoms. The van der Waals surface area contributed by atoms with E-state index >= 15 is 0 Å². The molecule has 1 aromatic heterocycles. The minimum Gasteiger partial charge on any atom is -0.386 e. The number of hydroxylamine groups is 1. The number of hydrogen-bond acceptors (Lipinski definition) is 6. The summed E-state index contributed by atoms with van der Waals surface area (Å²) in [6.45, 7) is 4.65. The lowest BCUT2D eigenvalue weighted by atomic mass is 9.94. The molecule has 3 N–H and O–H groups in total. The molecular weight excluding hydrogens is 444 g/mol. The van der Waals surface area contributed by atoms with Gasteiger partial charge in [-0.3, -0.25) is 14.8 Å². The first-order chi connectivity index (χ1) is 15.3. The number of fused-ring (bicyclic) bond motifs is 1. The monoisotopic (exact) mass is 472 g/mol. The third-order valence-corrected chi connectivity index (χ3v) is 8.13. The fraction of sp³-hybridized carbons (Fsp3) is 0.333. The van der Waals surface area contributed by atoms with E-state index in [-0.39, 0.29) is 18.5 Å². The molecule has 0 unspecified atom stereocenters. The number of rotatable bonds is 7. The number of amides is 1. The number of hydrogen-bond donors (Lipinski definition) is 3. The third-order valence-electron chi connectivity index (χ3n) is 6.11. The van der Waals surface area contributed by atoms with E-state index in [0.717, 1.165) is 28.2 Å². The summed E-state index contributed by atoms with van der Waals surface area (Å²) in [7, 11) is -3.85. The number of aryl methyl sites for hydroxylation is 1. The van der Waals surface area contributed by atoms with Gasteiger partial charge in [0.05, 0.1) is 5.60 Å². The second-order valence-corrected chi connectivity index (χ2v) is 11.4. The van der Waals surface area contributed by atoms with Crippen LogP contribution in [0.4, 0.5) is 0 Å². The molecule has 1 amide bonds. The second kappa shape index (κ2) is 8.74. The Balaban J connectivity index is 1.88. The van der Waals surface area contributed by atoms with E-state index in [9.17, 15) is 23.1 Å². The largest absolute Gasteiger partial charge is 0.386 e. The zero-order valence-electron chi connectivity index (χ0n) is 19.0. The maximum absolute atomic E-state index is 12.7. The van der Waals surface area contributed by atoms with E-state index in [1.807, 2.05) is 36.4 Å². The van der Waals surface area contributed by atoms with Crippen molar-refractivity contribution in [1.82, 2.24) is 10.0 Å². The Bertz CT molecular complexity index is 1370. The van der Waals surface area contributed by atoms with Crippen LogP contribution >= 0.6 is 0 Å². The van der Waals surface area contributed by atoms with Crippen molar-refractivity contribution in [3.05, 3.63) is 70.6 Å². The molecule has 0 aliphatic heterocycles. The predicted molar refractivity (Wildman–Crippen MR) is 127 cm³/mol. The summed E-state index contributed by atoms with van der Waals surface area (Å²) in [5, 5.41) is 21.1. The molecule has 33 heavy (non-hydrogen) atoms. The van der Waals surface area contributed by atoms with Crippen LogP contribution in [0.15, 0.2) is 59.5 Å². The summed E-state index contributed by atoms with van der Waals surface area (Å²) in [5.74, 6) is -1.04. The van der Waals surface area contributed by atoms with Gasteiger partial charge in [-0.15, -0.1) is 0 Å². The molecule has 0 radical (unpaired) electrons. The molecule has 1 heterocycles. The van der Waals surface area contributed by atoms with Gasteiger partial charge in [-0.25, -0.2) is 13.9 Å². The molecule has 8 nitrogen and oxygen atoms in total. The fourth-order valence-electron chi connectivity index (χ4n) is 3.60. The van der Waals surface area contributed by atoms with Gasteiger partial charge < -0.3 is 9.67 Å². The lowest BCUT2D eigenvalue weighted by molar-refractivity contribution is -0.131. The van der Waals surface area contributed by atoms with Gasteiger partial charge in [0.15, 0.2) is 14.6 Å². The van der Waals surface area contributed by atoms with Gasteiger partial charge in [-0.1, -0.05) is 24.3 Å². The summed E-state index contributed by atoms with van der Waals surface area (Å²) in [5.41, 5.74) is 2.46. The number of benzene rings is 2. The number of pyridine rings is 1. The lowest BCUT2D eigenvalue weighted by Crippen LogP contribution is -2.49. The van der Waals surface area contributed by atoms with Crippen LogP contribution in [0.25, 0.3) is 21.9 Å². The molecule has 3 aromatic rings. The molecule has 3 rings (SSSR count). The Morgan fingerprint density at radius 3 is 2.18 bits per heavy atom. The smallest absolute Gasteiger partial charge is 0.264 e. The van der Waals surface area contributed by atoms with Crippen LogP contribution in [0.2, 0.25) is 0 Å². The van der Waals surface area contributed by atoms with Crippen molar-refractivity contribution in [2.24, 2.45) is 0 Å². The van der Waals surface area contributed by atoms with Crippen LogP contribution < -0.4 is 11.0 Å². The molecule has 0 aliphatic rings. The Labute approximate surface area is 192 Å². The Hall–Kier alpha value is -3.01. The Kier molecular flexibility index (Phi) is 6.52. The number of sulfone groups is 1. The van der Waals surface area contributed by atoms with Gasteiger partial charge >= 0.3 is 0 Å². The molecule has 0 fully saturated rings. The topological polar surface area (TPSA) is 126 Å². The zero-order valence-corrected chi connectivity index (χ0v) is 19.8. The van der Waals surface area contributed by atoms with Crippen LogP contribution in [-0.2, 0) is 26.8 Å². The van der Waals surface area contributed by atoms with Crippen molar-refractivity contribution in [3.8, 4) is 11.1 Å². The van der Waals surface area contributed by atoms with Crippen molar-refractivity contribution in [1.29, 1.82) is 0 Å². The van der Waals surface area contributed by atoms with Crippen molar-refractivity contribution >= 4 is 26.5 Å². The fourth-order valence-corrected chi connectivity index (χ4v) is 4.44. The second-order valence-electron chi connectivity index (χ2n) is 8.98. The van der Waals surface area contributed by atoms with Gasteiger partial charge in [0.25, 0.3) is 11.5 Å². The van der Waals surface area contributed by atoms with Crippen molar-refractivity contribution < 1.29 is 23.5 Å². The molecule has 9 heteroatoms. The maximum atomic E-state index is 12.7. The van der Waals surface area contributed by atoms with Crippen LogP contribution in [0.5, 0.6) is 0 Å². The summed E-state index contributed by atoms with van der Waals surface area (Å²) in [4.78, 5) is 24.6. The maximum Gasteiger partial charge on any atom is 0.264 e. The Morgan fingerprint density at radius 2 is 1.61 bits per heavy atom. The molecule has 1 atom stereocenters. The third kappa shape index (κ3) is 5.00. The number of carbonyl (C=O) groups excluding carboxylic acids is 1. The molecule has 176 valence electrons. The molecule has 2 aromatic carbocycles. The molecule has 0 saturated carbocycles. The Morgan fingerprint density at radius 1 is 1.00 bits per heavy atom.